The molecule has 17 nitrogen and oxygen atoms in total. The van der Waals surface area contributed by atoms with Crippen LogP contribution in [0.15, 0.2) is 24.3 Å². The van der Waals surface area contributed by atoms with Crippen molar-refractivity contribution < 1.29 is 80.2 Å². The lowest BCUT2D eigenvalue weighted by Gasteiger charge is -2.21. The van der Waals surface area contributed by atoms with Crippen molar-refractivity contribution in [1.82, 2.24) is 0 Å². The minimum absolute atomic E-state index is 0.0848. The summed E-state index contributed by atoms with van der Waals surface area (Å²) in [6, 6.07) is 0. The van der Waals surface area contributed by atoms with Crippen LogP contribution < -0.4 is 0 Å². The number of esters is 4. The summed E-state index contributed by atoms with van der Waals surface area (Å²) in [5, 5.41) is 10.5. The molecule has 0 spiro atoms. The van der Waals surface area contributed by atoms with E-state index in [9.17, 15) is 43.2 Å². The number of carbonyl (C=O) groups is 4. The van der Waals surface area contributed by atoms with Gasteiger partial charge in [-0.15, -0.1) is 0 Å². The Labute approximate surface area is 510 Å². The second-order valence-electron chi connectivity index (χ2n) is 23.1. The first-order valence-corrected chi connectivity index (χ1v) is 36.5. The van der Waals surface area contributed by atoms with Gasteiger partial charge >= 0.3 is 39.5 Å². The highest BCUT2D eigenvalue weighted by Gasteiger charge is 2.30. The van der Waals surface area contributed by atoms with Gasteiger partial charge < -0.3 is 33.8 Å². The second-order valence-corrected chi connectivity index (χ2v) is 26.0. The summed E-state index contributed by atoms with van der Waals surface area (Å²) >= 11 is 0. The van der Waals surface area contributed by atoms with Gasteiger partial charge in [0.2, 0.25) is 0 Å². The predicted molar refractivity (Wildman–Crippen MR) is 335 cm³/mol. The Kier molecular flexibility index (Phi) is 56.5. The van der Waals surface area contributed by atoms with Gasteiger partial charge in [0.25, 0.3) is 0 Å². The molecule has 0 radical (unpaired) electrons. The third kappa shape index (κ3) is 57.3. The SMILES string of the molecule is CCCCCC/C=C\C=C/CCCCCCCC(=O)O[C@H](COC(=O)CCCCCCCCCCCCC(C)CC)COP(=O)(O)OC[C@@H](O)COP(=O)(O)OC[C@@H](COC(=O)CCCCCCCCC)OC(=O)CCCCCCCCCC. The maximum atomic E-state index is 13.0. The van der Waals surface area contributed by atoms with Gasteiger partial charge in [-0.25, -0.2) is 9.13 Å². The Bertz CT molecular complexity index is 1730. The van der Waals surface area contributed by atoms with Crippen LogP contribution in [-0.2, 0) is 65.4 Å². The van der Waals surface area contributed by atoms with Crippen molar-refractivity contribution >= 4 is 39.5 Å². The van der Waals surface area contributed by atoms with Gasteiger partial charge in [-0.1, -0.05) is 252 Å². The first-order valence-electron chi connectivity index (χ1n) is 33.5. The van der Waals surface area contributed by atoms with E-state index in [0.29, 0.717) is 25.7 Å². The fraction of sp³-hybridized carbons (Fsp3) is 0.877. The minimum atomic E-state index is -4.95. The normalized spacial score (nSPS) is 14.7. The van der Waals surface area contributed by atoms with Crippen molar-refractivity contribution in [2.24, 2.45) is 5.92 Å². The lowest BCUT2D eigenvalue weighted by Crippen LogP contribution is -2.30. The van der Waals surface area contributed by atoms with Crippen molar-refractivity contribution in [2.75, 3.05) is 39.6 Å². The molecule has 19 heteroatoms. The second kappa shape index (κ2) is 58.2. The van der Waals surface area contributed by atoms with Gasteiger partial charge in [-0.2, -0.15) is 0 Å². The molecule has 0 aromatic carbocycles. The van der Waals surface area contributed by atoms with Crippen LogP contribution in [-0.4, -0.2) is 96.7 Å². The van der Waals surface area contributed by atoms with E-state index in [1.807, 2.05) is 0 Å². The summed E-state index contributed by atoms with van der Waals surface area (Å²) in [5.74, 6) is -1.36. The largest absolute Gasteiger partial charge is 0.472 e. The van der Waals surface area contributed by atoms with Crippen molar-refractivity contribution in [1.29, 1.82) is 0 Å². The molecule has 3 N–H and O–H groups in total. The average Bonchev–Trinajstić information content (AvgIpc) is 3.58. The zero-order chi connectivity index (χ0) is 62.0. The van der Waals surface area contributed by atoms with E-state index in [1.54, 1.807) is 0 Å². The van der Waals surface area contributed by atoms with E-state index in [2.05, 4.69) is 58.9 Å². The Morgan fingerprint density at radius 3 is 1.01 bits per heavy atom. The number of allylic oxidation sites excluding steroid dienone is 4. The number of ether oxygens (including phenoxy) is 4. The lowest BCUT2D eigenvalue weighted by molar-refractivity contribution is -0.161. The summed E-state index contributed by atoms with van der Waals surface area (Å²) in [6.07, 6.45) is 45.4. The number of phosphoric acid groups is 2. The average molecular weight is 1240 g/mol. The summed E-state index contributed by atoms with van der Waals surface area (Å²) in [5.41, 5.74) is 0. The molecule has 6 atom stereocenters. The molecule has 0 amide bonds. The smallest absolute Gasteiger partial charge is 0.462 e. The fourth-order valence-corrected chi connectivity index (χ4v) is 10.8. The molecule has 0 aliphatic carbocycles. The Morgan fingerprint density at radius 1 is 0.381 bits per heavy atom. The number of rotatable bonds is 63. The number of aliphatic hydroxyl groups excluding tert-OH is 1. The van der Waals surface area contributed by atoms with Crippen LogP contribution in [0.2, 0.25) is 0 Å². The molecule has 494 valence electrons. The molecule has 84 heavy (non-hydrogen) atoms. The molecule has 0 aliphatic heterocycles. The van der Waals surface area contributed by atoms with Crippen LogP contribution in [0.4, 0.5) is 0 Å². The standard InChI is InChI=1S/C65H122O17P2/c1-6-10-13-16-19-21-22-23-24-25-26-31-36-41-46-51-65(70)82-61(55-76-63(68)49-44-39-35-30-28-27-29-33-37-42-47-58(5)9-4)57-80-84(73,74)78-53-59(66)52-77-83(71,72)79-56-60(54-75-62(67)48-43-38-32-18-15-12-8-3)81-64(69)50-45-40-34-20-17-14-11-7-2/h21-24,58-61,66H,6-20,25-57H2,1-5H3,(H,71,72)(H,73,74)/b22-21-,24-23-/t58?,59-,60+,61+/m0/s1. The van der Waals surface area contributed by atoms with Crippen molar-refractivity contribution in [2.45, 2.75) is 323 Å². The van der Waals surface area contributed by atoms with Crippen LogP contribution in [0.1, 0.15) is 304 Å². The lowest BCUT2D eigenvalue weighted by atomic mass is 9.99. The third-order valence-corrected chi connectivity index (χ3v) is 16.7. The molecule has 0 rings (SSSR count). The molecule has 0 fully saturated rings. The van der Waals surface area contributed by atoms with E-state index in [0.717, 1.165) is 128 Å². The monoisotopic (exact) mass is 1240 g/mol. The Morgan fingerprint density at radius 2 is 0.667 bits per heavy atom. The maximum Gasteiger partial charge on any atom is 0.472 e. The molecule has 0 heterocycles. The van der Waals surface area contributed by atoms with Crippen LogP contribution in [0.5, 0.6) is 0 Å². The summed E-state index contributed by atoms with van der Waals surface area (Å²) in [7, 11) is -9.89. The Balaban J connectivity index is 5.24. The van der Waals surface area contributed by atoms with Gasteiger partial charge in [-0.3, -0.25) is 37.3 Å². The molecule has 0 bridgehead atoms. The van der Waals surface area contributed by atoms with Crippen LogP contribution in [0.3, 0.4) is 0 Å². The molecular weight excluding hydrogens is 1110 g/mol. The van der Waals surface area contributed by atoms with E-state index in [-0.39, 0.29) is 25.7 Å². The van der Waals surface area contributed by atoms with Crippen LogP contribution >= 0.6 is 15.6 Å². The predicted octanol–water partition coefficient (Wildman–Crippen LogP) is 17.7. The number of unbranched alkanes of at least 4 members (excludes halogenated alkanes) is 31. The van der Waals surface area contributed by atoms with Gasteiger partial charge in [-0.05, 0) is 57.3 Å². The highest BCUT2D eigenvalue weighted by Crippen LogP contribution is 2.45. The number of phosphoric ester groups is 2. The zero-order valence-corrected chi connectivity index (χ0v) is 55.3. The van der Waals surface area contributed by atoms with Crippen molar-refractivity contribution in [3.63, 3.8) is 0 Å². The van der Waals surface area contributed by atoms with Gasteiger partial charge in [0.1, 0.15) is 19.3 Å². The molecule has 0 aromatic rings. The summed E-state index contributed by atoms with van der Waals surface area (Å²) in [4.78, 5) is 72.1. The number of aliphatic hydroxyl groups is 1. The highest BCUT2D eigenvalue weighted by atomic mass is 31.2. The molecule has 3 unspecified atom stereocenters. The molecular formula is C65H122O17P2. The Hall–Kier alpha value is -2.46. The van der Waals surface area contributed by atoms with Crippen LogP contribution in [0.25, 0.3) is 0 Å². The van der Waals surface area contributed by atoms with E-state index < -0.39 is 97.5 Å². The molecule has 0 aliphatic rings. The first kappa shape index (κ1) is 81.5. The summed E-state index contributed by atoms with van der Waals surface area (Å²) < 4.78 is 67.8. The third-order valence-electron chi connectivity index (χ3n) is 14.8. The minimum Gasteiger partial charge on any atom is -0.462 e. The van der Waals surface area contributed by atoms with Crippen LogP contribution in [0, 0.1) is 5.92 Å². The van der Waals surface area contributed by atoms with Crippen molar-refractivity contribution in [3.8, 4) is 0 Å². The van der Waals surface area contributed by atoms with E-state index in [4.69, 9.17) is 37.0 Å². The molecule has 0 saturated carbocycles. The van der Waals surface area contributed by atoms with E-state index >= 15 is 0 Å². The van der Waals surface area contributed by atoms with Gasteiger partial charge in [0, 0.05) is 25.7 Å². The van der Waals surface area contributed by atoms with Gasteiger partial charge in [0.15, 0.2) is 12.2 Å². The number of carbonyl (C=O) groups excluding carboxylic acids is 4. The first-order chi connectivity index (χ1) is 40.6. The fourth-order valence-electron chi connectivity index (χ4n) is 9.19. The topological polar surface area (TPSA) is 237 Å². The highest BCUT2D eigenvalue weighted by molar-refractivity contribution is 7.47. The van der Waals surface area contributed by atoms with Gasteiger partial charge in [0.05, 0.1) is 26.4 Å². The number of hydrogen-bond acceptors (Lipinski definition) is 15. The number of hydrogen-bond donors (Lipinski definition) is 3. The molecule has 0 saturated heterocycles. The zero-order valence-electron chi connectivity index (χ0n) is 53.5. The maximum absolute atomic E-state index is 13.0. The van der Waals surface area contributed by atoms with E-state index in [1.165, 1.54) is 96.3 Å². The quantitative estimate of drug-likeness (QED) is 0.0169. The van der Waals surface area contributed by atoms with Crippen molar-refractivity contribution in [3.05, 3.63) is 24.3 Å². The summed E-state index contributed by atoms with van der Waals surface area (Å²) in [6.45, 7) is 7.09. The molecule has 0 aromatic heterocycles.